The van der Waals surface area contributed by atoms with Crippen LogP contribution in [0.25, 0.3) is 0 Å². The first-order valence-electron chi connectivity index (χ1n) is 8.24. The van der Waals surface area contributed by atoms with Gasteiger partial charge in [0.05, 0.1) is 0 Å². The van der Waals surface area contributed by atoms with Gasteiger partial charge in [-0.05, 0) is 63.2 Å². The van der Waals surface area contributed by atoms with Gasteiger partial charge in [-0.2, -0.15) is 0 Å². The van der Waals surface area contributed by atoms with Gasteiger partial charge in [-0.15, -0.1) is 10.2 Å². The van der Waals surface area contributed by atoms with E-state index in [9.17, 15) is 0 Å². The maximum Gasteiger partial charge on any atom is 0.137 e. The highest BCUT2D eigenvalue weighted by molar-refractivity contribution is 5.13. The number of aromatic nitrogens is 3. The molecule has 20 heavy (non-hydrogen) atoms. The van der Waals surface area contributed by atoms with Gasteiger partial charge >= 0.3 is 0 Å². The van der Waals surface area contributed by atoms with Crippen LogP contribution in [0.2, 0.25) is 0 Å². The summed E-state index contributed by atoms with van der Waals surface area (Å²) in [7, 11) is 0. The Morgan fingerprint density at radius 3 is 2.20 bits per heavy atom. The Morgan fingerprint density at radius 2 is 1.70 bits per heavy atom. The maximum atomic E-state index is 5.89. The first kappa shape index (κ1) is 12.8. The first-order chi connectivity index (χ1) is 9.61. The fourth-order valence-electron chi connectivity index (χ4n) is 5.73. The van der Waals surface area contributed by atoms with Crippen LogP contribution in [-0.4, -0.2) is 21.3 Å². The molecule has 1 unspecified atom stereocenters. The third-order valence-electron chi connectivity index (χ3n) is 6.12. The zero-order valence-corrected chi connectivity index (χ0v) is 12.7. The van der Waals surface area contributed by atoms with Crippen molar-refractivity contribution in [3.63, 3.8) is 0 Å². The van der Waals surface area contributed by atoms with Crippen LogP contribution in [-0.2, 0) is 5.54 Å². The number of nitrogens with two attached hydrogens (primary N) is 1. The average Bonchev–Trinajstić information content (AvgIpc) is 2.79. The lowest BCUT2D eigenvalue weighted by atomic mass is 9.53. The van der Waals surface area contributed by atoms with Crippen molar-refractivity contribution in [2.75, 3.05) is 6.54 Å². The van der Waals surface area contributed by atoms with Gasteiger partial charge in [-0.1, -0.05) is 6.92 Å². The second-order valence-corrected chi connectivity index (χ2v) is 7.72. The lowest BCUT2D eigenvalue weighted by Gasteiger charge is -2.57. The van der Waals surface area contributed by atoms with Crippen LogP contribution in [0, 0.1) is 24.7 Å². The molecule has 1 aromatic heterocycles. The molecule has 110 valence electrons. The average molecular weight is 274 g/mol. The highest BCUT2D eigenvalue weighted by Gasteiger charge is 2.53. The molecule has 1 aromatic rings. The molecule has 4 heteroatoms. The molecule has 1 atom stereocenters. The van der Waals surface area contributed by atoms with Crippen molar-refractivity contribution in [1.82, 2.24) is 14.8 Å². The molecular weight excluding hydrogens is 248 g/mol. The molecule has 0 spiro atoms. The van der Waals surface area contributed by atoms with Crippen molar-refractivity contribution in [2.24, 2.45) is 23.5 Å². The van der Waals surface area contributed by atoms with E-state index in [1.807, 2.05) is 0 Å². The van der Waals surface area contributed by atoms with Crippen molar-refractivity contribution in [3.8, 4) is 0 Å². The Morgan fingerprint density at radius 1 is 1.15 bits per heavy atom. The van der Waals surface area contributed by atoms with Crippen molar-refractivity contribution >= 4 is 0 Å². The van der Waals surface area contributed by atoms with Gasteiger partial charge in [0.25, 0.3) is 0 Å². The minimum Gasteiger partial charge on any atom is -0.330 e. The van der Waals surface area contributed by atoms with E-state index in [1.165, 1.54) is 38.5 Å². The molecule has 5 rings (SSSR count). The molecule has 4 aliphatic rings. The van der Waals surface area contributed by atoms with E-state index in [1.54, 1.807) is 0 Å². The van der Waals surface area contributed by atoms with E-state index in [0.717, 1.165) is 29.4 Å². The van der Waals surface area contributed by atoms with E-state index >= 15 is 0 Å². The minimum absolute atomic E-state index is 0.309. The zero-order valence-electron chi connectivity index (χ0n) is 12.7. The number of nitrogens with zero attached hydrogens (tertiary/aromatic N) is 3. The van der Waals surface area contributed by atoms with Gasteiger partial charge in [0, 0.05) is 18.0 Å². The Hall–Kier alpha value is -0.900. The summed E-state index contributed by atoms with van der Waals surface area (Å²) in [4.78, 5) is 0. The normalized spacial score (nSPS) is 40.2. The largest absolute Gasteiger partial charge is 0.330 e. The van der Waals surface area contributed by atoms with Gasteiger partial charge < -0.3 is 10.3 Å². The van der Waals surface area contributed by atoms with Crippen molar-refractivity contribution in [3.05, 3.63) is 11.6 Å². The Bertz CT molecular complexity index is 483. The maximum absolute atomic E-state index is 5.89. The number of hydrogen-bond donors (Lipinski definition) is 1. The molecule has 0 radical (unpaired) electrons. The zero-order chi connectivity index (χ0) is 13.9. The summed E-state index contributed by atoms with van der Waals surface area (Å²) < 4.78 is 2.51. The predicted octanol–water partition coefficient (Wildman–Crippen LogP) is 2.57. The summed E-state index contributed by atoms with van der Waals surface area (Å²) in [5.74, 6) is 5.38. The third kappa shape index (κ3) is 1.70. The van der Waals surface area contributed by atoms with Gasteiger partial charge in [-0.25, -0.2) is 0 Å². The van der Waals surface area contributed by atoms with Crippen molar-refractivity contribution in [1.29, 1.82) is 0 Å². The van der Waals surface area contributed by atoms with Crippen molar-refractivity contribution < 1.29 is 0 Å². The quantitative estimate of drug-likeness (QED) is 0.921. The fourth-order valence-corrected chi connectivity index (χ4v) is 5.73. The number of aryl methyl sites for hydroxylation is 1. The SMILES string of the molecule is Cc1nnc(C(C)CN)n1C12CC3CC(CC(C3)C1)C2. The summed E-state index contributed by atoms with van der Waals surface area (Å²) >= 11 is 0. The standard InChI is InChI=1S/C16H26N4/c1-10(9-17)15-19-18-11(2)20(15)16-6-12-3-13(7-16)5-14(4-12)8-16/h10,12-14H,3-9,17H2,1-2H3. The summed E-state index contributed by atoms with van der Waals surface area (Å²) in [5.41, 5.74) is 6.21. The smallest absolute Gasteiger partial charge is 0.137 e. The topological polar surface area (TPSA) is 56.7 Å². The summed E-state index contributed by atoms with van der Waals surface area (Å²) in [5, 5.41) is 8.88. The molecular formula is C16H26N4. The molecule has 4 saturated carbocycles. The van der Waals surface area contributed by atoms with Crippen molar-refractivity contribution in [2.45, 2.75) is 63.8 Å². The predicted molar refractivity (Wildman–Crippen MR) is 78.4 cm³/mol. The van der Waals surface area contributed by atoms with E-state index < -0.39 is 0 Å². The van der Waals surface area contributed by atoms with E-state index in [4.69, 9.17) is 5.73 Å². The molecule has 0 aromatic carbocycles. The van der Waals surface area contributed by atoms with Crippen LogP contribution < -0.4 is 5.73 Å². The van der Waals surface area contributed by atoms with Crippen LogP contribution in [0.5, 0.6) is 0 Å². The number of rotatable bonds is 3. The lowest BCUT2D eigenvalue weighted by molar-refractivity contribution is -0.0458. The first-order valence-corrected chi connectivity index (χ1v) is 8.24. The van der Waals surface area contributed by atoms with Gasteiger partial charge in [-0.3, -0.25) is 0 Å². The van der Waals surface area contributed by atoms with E-state index in [2.05, 4.69) is 28.6 Å². The highest BCUT2D eigenvalue weighted by Crippen LogP contribution is 2.59. The monoisotopic (exact) mass is 274 g/mol. The second kappa shape index (κ2) is 4.30. The minimum atomic E-state index is 0.309. The number of hydrogen-bond acceptors (Lipinski definition) is 3. The van der Waals surface area contributed by atoms with Gasteiger partial charge in [0.1, 0.15) is 11.6 Å². The second-order valence-electron chi connectivity index (χ2n) is 7.72. The molecule has 4 bridgehead atoms. The third-order valence-corrected chi connectivity index (χ3v) is 6.12. The van der Waals surface area contributed by atoms with Crippen LogP contribution in [0.4, 0.5) is 0 Å². The molecule has 1 heterocycles. The van der Waals surface area contributed by atoms with Crippen LogP contribution in [0.15, 0.2) is 0 Å². The lowest BCUT2D eigenvalue weighted by Crippen LogP contribution is -2.52. The van der Waals surface area contributed by atoms with Crippen LogP contribution in [0.3, 0.4) is 0 Å². The van der Waals surface area contributed by atoms with E-state index in [0.29, 0.717) is 18.0 Å². The molecule has 0 aliphatic heterocycles. The fraction of sp³-hybridized carbons (Fsp3) is 0.875. The van der Waals surface area contributed by atoms with E-state index in [-0.39, 0.29) is 0 Å². The molecule has 4 nitrogen and oxygen atoms in total. The molecule has 0 amide bonds. The summed E-state index contributed by atoms with van der Waals surface area (Å²) in [6.07, 6.45) is 8.47. The van der Waals surface area contributed by atoms with Crippen LogP contribution >= 0.6 is 0 Å². The van der Waals surface area contributed by atoms with Gasteiger partial charge in [0.2, 0.25) is 0 Å². The molecule has 0 saturated heterocycles. The highest BCUT2D eigenvalue weighted by atomic mass is 15.3. The molecule has 4 fully saturated rings. The Balaban J connectivity index is 1.79. The van der Waals surface area contributed by atoms with Crippen LogP contribution in [0.1, 0.15) is 63.0 Å². The summed E-state index contributed by atoms with van der Waals surface area (Å²) in [6, 6.07) is 0. The molecule has 4 aliphatic carbocycles. The Kier molecular flexibility index (Phi) is 2.75. The summed E-state index contributed by atoms with van der Waals surface area (Å²) in [6.45, 7) is 4.96. The molecule has 2 N–H and O–H groups in total. The van der Waals surface area contributed by atoms with Gasteiger partial charge in [0.15, 0.2) is 0 Å². The Labute approximate surface area is 121 Å².